The molecule has 1 saturated heterocycles. The van der Waals surface area contributed by atoms with E-state index in [9.17, 15) is 4.79 Å². The van der Waals surface area contributed by atoms with Gasteiger partial charge in [-0.1, -0.05) is 18.3 Å². The predicted molar refractivity (Wildman–Crippen MR) is 80.5 cm³/mol. The Morgan fingerprint density at radius 1 is 1.45 bits per heavy atom. The molecule has 1 fully saturated rings. The van der Waals surface area contributed by atoms with Crippen LogP contribution in [0.3, 0.4) is 0 Å². The maximum atomic E-state index is 10.9. The molecule has 1 amide bonds. The summed E-state index contributed by atoms with van der Waals surface area (Å²) in [6, 6.07) is 0. The Morgan fingerprint density at radius 3 is 2.85 bits per heavy atom. The van der Waals surface area contributed by atoms with Gasteiger partial charge in [-0.3, -0.25) is 9.69 Å². The monoisotopic (exact) mass is 297 g/mol. The molecule has 1 aromatic heterocycles. The predicted octanol–water partition coefficient (Wildman–Crippen LogP) is 1.45. The van der Waals surface area contributed by atoms with E-state index in [1.807, 2.05) is 0 Å². The van der Waals surface area contributed by atoms with Gasteiger partial charge in [0.25, 0.3) is 0 Å². The normalized spacial score (nSPS) is 17.2. The first-order valence-corrected chi connectivity index (χ1v) is 8.06. The van der Waals surface area contributed by atoms with Crippen molar-refractivity contribution in [2.24, 2.45) is 11.7 Å². The number of rotatable bonds is 7. The second-order valence-corrected chi connectivity index (χ2v) is 6.38. The largest absolute Gasteiger partial charge is 0.370 e. The van der Waals surface area contributed by atoms with Crippen LogP contribution in [0.5, 0.6) is 0 Å². The molecule has 1 aromatic rings. The number of nitrogens with zero attached hydrogens (tertiary/aromatic N) is 3. The number of hydrogen-bond acceptors (Lipinski definition) is 6. The minimum absolute atomic E-state index is 0.181. The van der Waals surface area contributed by atoms with Crippen molar-refractivity contribution in [1.82, 2.24) is 15.1 Å². The summed E-state index contributed by atoms with van der Waals surface area (Å²) in [6.45, 7) is 5.94. The fraction of sp³-hybridized carbons (Fsp3) is 0.769. The molecule has 0 radical (unpaired) electrons. The van der Waals surface area contributed by atoms with Gasteiger partial charge in [0.15, 0.2) is 0 Å². The van der Waals surface area contributed by atoms with Gasteiger partial charge in [-0.15, -0.1) is 10.2 Å². The third-order valence-corrected chi connectivity index (χ3v) is 4.41. The number of likely N-dealkylation sites (tertiary alicyclic amines) is 1. The number of amides is 1. The number of piperidine rings is 1. The summed E-state index contributed by atoms with van der Waals surface area (Å²) in [6.07, 6.45) is 3.70. The van der Waals surface area contributed by atoms with Crippen molar-refractivity contribution in [3.05, 3.63) is 5.01 Å². The average molecular weight is 297 g/mol. The van der Waals surface area contributed by atoms with Gasteiger partial charge in [0.2, 0.25) is 11.0 Å². The van der Waals surface area contributed by atoms with Gasteiger partial charge in [0.1, 0.15) is 5.01 Å². The van der Waals surface area contributed by atoms with Crippen molar-refractivity contribution < 1.29 is 4.79 Å². The number of primary amides is 1. The summed E-state index contributed by atoms with van der Waals surface area (Å²) in [5, 5.41) is 13.6. The summed E-state index contributed by atoms with van der Waals surface area (Å²) in [4.78, 5) is 13.3. The highest BCUT2D eigenvalue weighted by Crippen LogP contribution is 2.23. The van der Waals surface area contributed by atoms with Crippen LogP contribution in [0.15, 0.2) is 0 Å². The third kappa shape index (κ3) is 4.72. The van der Waals surface area contributed by atoms with Gasteiger partial charge in [-0.2, -0.15) is 0 Å². The molecule has 2 rings (SSSR count). The van der Waals surface area contributed by atoms with E-state index >= 15 is 0 Å². The molecule has 0 bridgehead atoms. The molecule has 3 N–H and O–H groups in total. The fourth-order valence-corrected chi connectivity index (χ4v) is 3.25. The van der Waals surface area contributed by atoms with E-state index in [1.54, 1.807) is 11.3 Å². The molecule has 0 saturated carbocycles. The summed E-state index contributed by atoms with van der Waals surface area (Å²) in [5.41, 5.74) is 5.25. The third-order valence-electron chi connectivity index (χ3n) is 3.55. The van der Waals surface area contributed by atoms with E-state index in [-0.39, 0.29) is 5.91 Å². The highest BCUT2D eigenvalue weighted by Gasteiger charge is 2.21. The lowest BCUT2D eigenvalue weighted by molar-refractivity contribution is -0.119. The fourth-order valence-electron chi connectivity index (χ4n) is 2.45. The Hall–Kier alpha value is -1.21. The number of carbonyl (C=O) groups is 1. The summed E-state index contributed by atoms with van der Waals surface area (Å²) in [7, 11) is 0. The molecular formula is C13H23N5OS. The van der Waals surface area contributed by atoms with Crippen LogP contribution in [0.4, 0.5) is 5.13 Å². The van der Waals surface area contributed by atoms with Gasteiger partial charge in [0, 0.05) is 13.0 Å². The Kier molecular flexibility index (Phi) is 5.72. The maximum absolute atomic E-state index is 10.9. The molecule has 0 aliphatic carbocycles. The molecule has 112 valence electrons. The quantitative estimate of drug-likeness (QED) is 0.795. The van der Waals surface area contributed by atoms with Crippen LogP contribution in [-0.2, 0) is 11.3 Å². The zero-order valence-corrected chi connectivity index (χ0v) is 12.8. The Bertz CT molecular complexity index is 428. The second kappa shape index (κ2) is 7.54. The van der Waals surface area contributed by atoms with Crippen molar-refractivity contribution in [1.29, 1.82) is 0 Å². The van der Waals surface area contributed by atoms with Crippen molar-refractivity contribution >= 4 is 22.4 Å². The van der Waals surface area contributed by atoms with Gasteiger partial charge < -0.3 is 11.1 Å². The molecule has 6 nitrogen and oxygen atoms in total. The van der Waals surface area contributed by atoms with Gasteiger partial charge in [-0.25, -0.2) is 0 Å². The summed E-state index contributed by atoms with van der Waals surface area (Å²) in [5.74, 6) is 0.277. The number of hydrogen-bond donors (Lipinski definition) is 2. The number of nitrogens with one attached hydrogen (secondary N) is 1. The second-order valence-electron chi connectivity index (χ2n) is 5.32. The first-order valence-electron chi connectivity index (χ1n) is 7.24. The lowest BCUT2D eigenvalue weighted by Gasteiger charge is -2.30. The van der Waals surface area contributed by atoms with E-state index in [1.165, 1.54) is 0 Å². The number of carbonyl (C=O) groups excluding carboxylic acids is 1. The van der Waals surface area contributed by atoms with E-state index in [4.69, 9.17) is 5.73 Å². The van der Waals surface area contributed by atoms with E-state index < -0.39 is 0 Å². The lowest BCUT2D eigenvalue weighted by atomic mass is 9.93. The standard InChI is InChI=1S/C13H23N5OS/c1-2-5-15-13-17-16-12(20-13)9-18-6-3-10(4-7-18)8-11(14)19/h10H,2-9H2,1H3,(H2,14,19)(H,15,17). The van der Waals surface area contributed by atoms with Gasteiger partial charge in [0.05, 0.1) is 6.54 Å². The van der Waals surface area contributed by atoms with Crippen molar-refractivity contribution in [3.63, 3.8) is 0 Å². The summed E-state index contributed by atoms with van der Waals surface area (Å²) < 4.78 is 0. The molecule has 0 unspecified atom stereocenters. The number of anilines is 1. The van der Waals surface area contributed by atoms with Crippen LogP contribution >= 0.6 is 11.3 Å². The molecule has 1 aliphatic heterocycles. The Morgan fingerprint density at radius 2 is 2.20 bits per heavy atom. The Labute approximate surface area is 123 Å². The van der Waals surface area contributed by atoms with E-state index in [0.29, 0.717) is 12.3 Å². The number of aromatic nitrogens is 2. The first kappa shape index (κ1) is 15.2. The zero-order valence-electron chi connectivity index (χ0n) is 12.0. The van der Waals surface area contributed by atoms with Crippen molar-refractivity contribution in [2.45, 2.75) is 39.2 Å². The minimum Gasteiger partial charge on any atom is -0.370 e. The van der Waals surface area contributed by atoms with Gasteiger partial charge >= 0.3 is 0 Å². The van der Waals surface area contributed by atoms with Crippen LogP contribution in [-0.4, -0.2) is 40.6 Å². The lowest BCUT2D eigenvalue weighted by Crippen LogP contribution is -2.34. The first-order chi connectivity index (χ1) is 9.67. The molecule has 0 spiro atoms. The highest BCUT2D eigenvalue weighted by molar-refractivity contribution is 7.15. The highest BCUT2D eigenvalue weighted by atomic mass is 32.1. The zero-order chi connectivity index (χ0) is 14.4. The van der Waals surface area contributed by atoms with Crippen molar-refractivity contribution in [3.8, 4) is 0 Å². The smallest absolute Gasteiger partial charge is 0.217 e. The molecular weight excluding hydrogens is 274 g/mol. The average Bonchev–Trinajstić information content (AvgIpc) is 2.86. The molecule has 2 heterocycles. The van der Waals surface area contributed by atoms with E-state index in [2.05, 4.69) is 27.3 Å². The molecule has 20 heavy (non-hydrogen) atoms. The molecule has 0 atom stereocenters. The van der Waals surface area contributed by atoms with Crippen LogP contribution in [0.1, 0.15) is 37.6 Å². The Balaban J connectivity index is 1.74. The van der Waals surface area contributed by atoms with Crippen LogP contribution in [0, 0.1) is 5.92 Å². The molecule has 1 aliphatic rings. The topological polar surface area (TPSA) is 84.1 Å². The van der Waals surface area contributed by atoms with Gasteiger partial charge in [-0.05, 0) is 38.3 Å². The van der Waals surface area contributed by atoms with Crippen LogP contribution in [0.2, 0.25) is 0 Å². The van der Waals surface area contributed by atoms with Crippen molar-refractivity contribution in [2.75, 3.05) is 25.0 Å². The molecule has 7 heteroatoms. The van der Waals surface area contributed by atoms with E-state index in [0.717, 1.165) is 55.6 Å². The SMILES string of the molecule is CCCNc1nnc(CN2CCC(CC(N)=O)CC2)s1. The van der Waals surface area contributed by atoms with Crippen LogP contribution < -0.4 is 11.1 Å². The summed E-state index contributed by atoms with van der Waals surface area (Å²) >= 11 is 1.63. The maximum Gasteiger partial charge on any atom is 0.217 e. The number of nitrogens with two attached hydrogens (primary N) is 1. The molecule has 0 aromatic carbocycles. The minimum atomic E-state index is -0.181. The van der Waals surface area contributed by atoms with Crippen LogP contribution in [0.25, 0.3) is 0 Å².